The number of fused-ring (bicyclic) bond motifs is 1. The second-order valence-corrected chi connectivity index (χ2v) is 5.53. The van der Waals surface area contributed by atoms with Gasteiger partial charge in [0.25, 0.3) is 0 Å². The highest BCUT2D eigenvalue weighted by atomic mass is 16.3. The maximum atomic E-state index is 9.88. The van der Waals surface area contributed by atoms with Crippen molar-refractivity contribution in [2.75, 3.05) is 25.0 Å². The topological polar surface area (TPSA) is 64.2 Å². The molecule has 1 heterocycles. The van der Waals surface area contributed by atoms with Crippen molar-refractivity contribution in [1.29, 1.82) is 0 Å². The van der Waals surface area contributed by atoms with Crippen molar-refractivity contribution in [3.8, 4) is 5.75 Å². The fourth-order valence-corrected chi connectivity index (χ4v) is 2.60. The predicted molar refractivity (Wildman–Crippen MR) is 93.6 cm³/mol. The number of rotatable bonds is 7. The van der Waals surface area contributed by atoms with E-state index in [2.05, 4.69) is 27.1 Å². The molecular formula is C18H22N4O. The Labute approximate surface area is 136 Å². The summed E-state index contributed by atoms with van der Waals surface area (Å²) >= 11 is 0. The number of aromatic hydroxyl groups is 1. The molecule has 3 rings (SSSR count). The molecule has 2 aromatic carbocycles. The van der Waals surface area contributed by atoms with Gasteiger partial charge >= 0.3 is 0 Å². The second kappa shape index (κ2) is 7.15. The third kappa shape index (κ3) is 3.81. The Morgan fingerprint density at radius 3 is 2.70 bits per heavy atom. The summed E-state index contributed by atoms with van der Waals surface area (Å²) in [6.45, 7) is 5.46. The monoisotopic (exact) mass is 310 g/mol. The molecule has 3 N–H and O–H groups in total. The standard InChI is InChI=1S/C18H22N4O/c1-2-22(13-14-7-3-6-10-17(14)23)12-11-19-18-20-15-8-4-5-9-16(15)21-18/h3-10,23H,2,11-13H2,1H3,(H2,19,20,21). The van der Waals surface area contributed by atoms with Crippen LogP contribution in [0.25, 0.3) is 11.0 Å². The first-order valence-corrected chi connectivity index (χ1v) is 7.94. The Kier molecular flexibility index (Phi) is 4.78. The van der Waals surface area contributed by atoms with Gasteiger partial charge in [-0.25, -0.2) is 4.98 Å². The Bertz CT molecular complexity index is 735. The fourth-order valence-electron chi connectivity index (χ4n) is 2.60. The average Bonchev–Trinajstić information content (AvgIpc) is 2.98. The van der Waals surface area contributed by atoms with Crippen molar-refractivity contribution in [1.82, 2.24) is 14.9 Å². The molecule has 1 aromatic heterocycles. The largest absolute Gasteiger partial charge is 0.508 e. The smallest absolute Gasteiger partial charge is 0.201 e. The van der Waals surface area contributed by atoms with Gasteiger partial charge in [0.1, 0.15) is 5.75 Å². The lowest BCUT2D eigenvalue weighted by Crippen LogP contribution is -2.28. The van der Waals surface area contributed by atoms with Crippen LogP contribution in [-0.4, -0.2) is 39.6 Å². The van der Waals surface area contributed by atoms with Crippen LogP contribution in [0, 0.1) is 0 Å². The number of nitrogens with zero attached hydrogens (tertiary/aromatic N) is 2. The molecule has 5 nitrogen and oxygen atoms in total. The number of aromatic amines is 1. The van der Waals surface area contributed by atoms with E-state index in [4.69, 9.17) is 0 Å². The number of benzene rings is 2. The summed E-state index contributed by atoms with van der Waals surface area (Å²) < 4.78 is 0. The quantitative estimate of drug-likeness (QED) is 0.627. The van der Waals surface area contributed by atoms with Crippen LogP contribution in [0.2, 0.25) is 0 Å². The molecule has 120 valence electrons. The van der Waals surface area contributed by atoms with Crippen molar-refractivity contribution in [2.24, 2.45) is 0 Å². The lowest BCUT2D eigenvalue weighted by Gasteiger charge is -2.21. The number of phenolic OH excluding ortho intramolecular Hbond substituents is 1. The van der Waals surface area contributed by atoms with Crippen LogP contribution in [0.4, 0.5) is 5.95 Å². The first kappa shape index (κ1) is 15.4. The molecule has 0 radical (unpaired) electrons. The summed E-state index contributed by atoms with van der Waals surface area (Å²) in [5.74, 6) is 1.15. The van der Waals surface area contributed by atoms with E-state index in [-0.39, 0.29) is 0 Å². The van der Waals surface area contributed by atoms with E-state index in [0.717, 1.165) is 48.7 Å². The van der Waals surface area contributed by atoms with Gasteiger partial charge in [-0.05, 0) is 24.7 Å². The van der Waals surface area contributed by atoms with E-state index in [1.54, 1.807) is 6.07 Å². The number of hydrogen-bond donors (Lipinski definition) is 3. The Balaban J connectivity index is 1.55. The normalized spacial score (nSPS) is 11.2. The second-order valence-electron chi connectivity index (χ2n) is 5.53. The number of anilines is 1. The molecule has 0 saturated carbocycles. The highest BCUT2D eigenvalue weighted by Crippen LogP contribution is 2.17. The van der Waals surface area contributed by atoms with Gasteiger partial charge in [-0.3, -0.25) is 4.90 Å². The highest BCUT2D eigenvalue weighted by molar-refractivity contribution is 5.77. The zero-order chi connectivity index (χ0) is 16.1. The number of para-hydroxylation sites is 3. The van der Waals surface area contributed by atoms with E-state index in [1.807, 2.05) is 42.5 Å². The van der Waals surface area contributed by atoms with E-state index in [0.29, 0.717) is 5.75 Å². The molecule has 0 aliphatic carbocycles. The van der Waals surface area contributed by atoms with Gasteiger partial charge in [-0.2, -0.15) is 0 Å². The third-order valence-electron chi connectivity index (χ3n) is 3.94. The van der Waals surface area contributed by atoms with Crippen LogP contribution >= 0.6 is 0 Å². The minimum Gasteiger partial charge on any atom is -0.508 e. The SMILES string of the molecule is CCN(CCNc1nc2ccccc2[nH]1)Cc1ccccc1O. The van der Waals surface area contributed by atoms with Crippen LogP contribution in [0.5, 0.6) is 5.75 Å². The van der Waals surface area contributed by atoms with Crippen molar-refractivity contribution in [3.63, 3.8) is 0 Å². The predicted octanol–water partition coefficient (Wildman–Crippen LogP) is 3.20. The minimum absolute atomic E-state index is 0.358. The molecule has 0 spiro atoms. The summed E-state index contributed by atoms with van der Waals surface area (Å²) in [4.78, 5) is 10.1. The van der Waals surface area contributed by atoms with Gasteiger partial charge in [0.05, 0.1) is 11.0 Å². The molecule has 0 unspecified atom stereocenters. The lowest BCUT2D eigenvalue weighted by molar-refractivity contribution is 0.286. The summed E-state index contributed by atoms with van der Waals surface area (Å²) in [7, 11) is 0. The molecule has 0 atom stereocenters. The van der Waals surface area contributed by atoms with Crippen molar-refractivity contribution in [3.05, 3.63) is 54.1 Å². The van der Waals surface area contributed by atoms with Crippen molar-refractivity contribution < 1.29 is 5.11 Å². The van der Waals surface area contributed by atoms with Crippen LogP contribution < -0.4 is 5.32 Å². The Hall–Kier alpha value is -2.53. The Morgan fingerprint density at radius 2 is 1.91 bits per heavy atom. The van der Waals surface area contributed by atoms with E-state index in [1.165, 1.54) is 0 Å². The zero-order valence-corrected chi connectivity index (χ0v) is 13.3. The number of phenols is 1. The molecule has 23 heavy (non-hydrogen) atoms. The van der Waals surface area contributed by atoms with Crippen LogP contribution in [-0.2, 0) is 6.54 Å². The molecule has 0 amide bonds. The Morgan fingerprint density at radius 1 is 1.13 bits per heavy atom. The van der Waals surface area contributed by atoms with Gasteiger partial charge < -0.3 is 15.4 Å². The van der Waals surface area contributed by atoms with E-state index >= 15 is 0 Å². The van der Waals surface area contributed by atoms with Crippen molar-refractivity contribution in [2.45, 2.75) is 13.5 Å². The third-order valence-corrected chi connectivity index (χ3v) is 3.94. The number of aromatic nitrogens is 2. The molecule has 0 bridgehead atoms. The van der Waals surface area contributed by atoms with Crippen molar-refractivity contribution >= 4 is 17.0 Å². The number of H-pyrrole nitrogens is 1. The van der Waals surface area contributed by atoms with Gasteiger partial charge in [-0.1, -0.05) is 37.3 Å². The van der Waals surface area contributed by atoms with E-state index < -0.39 is 0 Å². The maximum Gasteiger partial charge on any atom is 0.201 e. The van der Waals surface area contributed by atoms with Gasteiger partial charge in [0.2, 0.25) is 5.95 Å². The molecule has 0 aliphatic heterocycles. The van der Waals surface area contributed by atoms with Gasteiger partial charge in [-0.15, -0.1) is 0 Å². The maximum absolute atomic E-state index is 9.88. The molecule has 0 aliphatic rings. The summed E-state index contributed by atoms with van der Waals surface area (Å²) in [5.41, 5.74) is 2.96. The number of imidazole rings is 1. The minimum atomic E-state index is 0.358. The summed E-state index contributed by atoms with van der Waals surface area (Å²) in [5, 5.41) is 13.2. The molecular weight excluding hydrogens is 288 g/mol. The average molecular weight is 310 g/mol. The first-order chi connectivity index (χ1) is 11.3. The number of likely N-dealkylation sites (N-methyl/N-ethyl adjacent to an activating group) is 1. The zero-order valence-electron chi connectivity index (χ0n) is 13.3. The highest BCUT2D eigenvalue weighted by Gasteiger charge is 2.07. The van der Waals surface area contributed by atoms with Gasteiger partial charge in [0, 0.05) is 25.2 Å². The first-order valence-electron chi connectivity index (χ1n) is 7.94. The molecule has 0 saturated heterocycles. The molecule has 5 heteroatoms. The molecule has 0 fully saturated rings. The summed E-state index contributed by atoms with van der Waals surface area (Å²) in [6, 6.07) is 15.5. The van der Waals surface area contributed by atoms with Crippen LogP contribution in [0.15, 0.2) is 48.5 Å². The van der Waals surface area contributed by atoms with Crippen LogP contribution in [0.1, 0.15) is 12.5 Å². The fraction of sp³-hybridized carbons (Fsp3) is 0.278. The number of hydrogen-bond acceptors (Lipinski definition) is 4. The lowest BCUT2D eigenvalue weighted by atomic mass is 10.2. The van der Waals surface area contributed by atoms with E-state index in [9.17, 15) is 5.11 Å². The van der Waals surface area contributed by atoms with Gasteiger partial charge in [0.15, 0.2) is 0 Å². The number of nitrogens with one attached hydrogen (secondary N) is 2. The summed E-state index contributed by atoms with van der Waals surface area (Å²) in [6.07, 6.45) is 0. The van der Waals surface area contributed by atoms with Crippen LogP contribution in [0.3, 0.4) is 0 Å². The molecule has 3 aromatic rings.